The number of benzene rings is 2. The van der Waals surface area contributed by atoms with Crippen LogP contribution in [0.2, 0.25) is 0 Å². The van der Waals surface area contributed by atoms with Crippen molar-refractivity contribution in [2.24, 2.45) is 0 Å². The van der Waals surface area contributed by atoms with Crippen LogP contribution in [0.5, 0.6) is 11.5 Å². The van der Waals surface area contributed by atoms with E-state index in [1.54, 1.807) is 12.1 Å². The highest BCUT2D eigenvalue weighted by Gasteiger charge is 2.34. The summed E-state index contributed by atoms with van der Waals surface area (Å²) < 4.78 is 5.26. The zero-order chi connectivity index (χ0) is 14.1. The summed E-state index contributed by atoms with van der Waals surface area (Å²) in [5.74, 6) is -0.0355. The van der Waals surface area contributed by atoms with Crippen LogP contribution in [-0.4, -0.2) is 11.1 Å². The molecular weight excluding hydrogens is 252 g/mol. The molecule has 102 valence electrons. The van der Waals surface area contributed by atoms with Crippen molar-refractivity contribution in [1.29, 1.82) is 0 Å². The van der Waals surface area contributed by atoms with Gasteiger partial charge in [0.15, 0.2) is 0 Å². The first-order valence-electron chi connectivity index (χ1n) is 6.82. The van der Waals surface area contributed by atoms with Gasteiger partial charge in [0, 0.05) is 5.56 Å². The van der Waals surface area contributed by atoms with Crippen molar-refractivity contribution in [3.8, 4) is 11.5 Å². The van der Waals surface area contributed by atoms with Gasteiger partial charge in [-0.25, -0.2) is 0 Å². The van der Waals surface area contributed by atoms with Gasteiger partial charge in [0.25, 0.3) is 0 Å². The van der Waals surface area contributed by atoms with E-state index in [-0.39, 0.29) is 11.7 Å². The molecule has 0 amide bonds. The second-order valence-electron chi connectivity index (χ2n) is 5.07. The van der Waals surface area contributed by atoms with Crippen molar-refractivity contribution >= 4 is 5.97 Å². The normalized spacial score (nSPS) is 16.9. The van der Waals surface area contributed by atoms with Crippen LogP contribution in [0.15, 0.2) is 42.5 Å². The van der Waals surface area contributed by atoms with E-state index in [4.69, 9.17) is 4.74 Å². The Balaban J connectivity index is 1.98. The Labute approximate surface area is 117 Å². The molecule has 0 radical (unpaired) electrons. The Hall–Kier alpha value is -2.29. The molecule has 3 rings (SSSR count). The average molecular weight is 268 g/mol. The molecule has 1 unspecified atom stereocenters. The van der Waals surface area contributed by atoms with Gasteiger partial charge >= 0.3 is 5.97 Å². The zero-order valence-electron chi connectivity index (χ0n) is 11.3. The lowest BCUT2D eigenvalue weighted by atomic mass is 9.91. The summed E-state index contributed by atoms with van der Waals surface area (Å²) in [7, 11) is 0. The number of carbonyl (C=O) groups is 1. The molecule has 1 N–H and O–H groups in total. The molecule has 1 aliphatic rings. The molecule has 2 aromatic carbocycles. The third-order valence-electron chi connectivity index (χ3n) is 3.60. The van der Waals surface area contributed by atoms with Crippen molar-refractivity contribution in [3.63, 3.8) is 0 Å². The van der Waals surface area contributed by atoms with Crippen LogP contribution >= 0.6 is 0 Å². The third kappa shape index (κ3) is 2.16. The van der Waals surface area contributed by atoms with Crippen LogP contribution in [0.3, 0.4) is 0 Å². The lowest BCUT2D eigenvalue weighted by Gasteiger charge is -2.09. The molecule has 3 heteroatoms. The molecule has 1 aliphatic heterocycles. The van der Waals surface area contributed by atoms with Gasteiger partial charge in [-0.3, -0.25) is 4.79 Å². The molecule has 2 aromatic rings. The summed E-state index contributed by atoms with van der Waals surface area (Å²) in [6.45, 7) is 2.14. The minimum atomic E-state index is -0.437. The van der Waals surface area contributed by atoms with Gasteiger partial charge in [-0.15, -0.1) is 0 Å². The van der Waals surface area contributed by atoms with Gasteiger partial charge in [-0.2, -0.15) is 0 Å². The second kappa shape index (κ2) is 5.00. The van der Waals surface area contributed by atoms with Crippen molar-refractivity contribution < 1.29 is 14.6 Å². The van der Waals surface area contributed by atoms with Crippen molar-refractivity contribution in [2.45, 2.75) is 25.7 Å². The molecule has 1 atom stereocenters. The van der Waals surface area contributed by atoms with Crippen molar-refractivity contribution in [2.75, 3.05) is 0 Å². The quantitative estimate of drug-likeness (QED) is 0.685. The maximum absolute atomic E-state index is 12.0. The van der Waals surface area contributed by atoms with Crippen molar-refractivity contribution in [1.82, 2.24) is 0 Å². The Kier molecular flexibility index (Phi) is 3.18. The number of rotatable bonds is 3. The molecular formula is C17H16O3. The summed E-state index contributed by atoms with van der Waals surface area (Å²) in [6.07, 6.45) is 2.13. The number of aromatic hydroxyl groups is 1. The first-order valence-corrected chi connectivity index (χ1v) is 6.82. The van der Waals surface area contributed by atoms with Crippen LogP contribution in [0.25, 0.3) is 0 Å². The van der Waals surface area contributed by atoms with E-state index in [1.165, 1.54) is 11.6 Å². The highest BCUT2D eigenvalue weighted by molar-refractivity contribution is 5.89. The Morgan fingerprint density at radius 1 is 1.15 bits per heavy atom. The molecule has 20 heavy (non-hydrogen) atoms. The summed E-state index contributed by atoms with van der Waals surface area (Å²) in [4.78, 5) is 12.0. The Bertz CT molecular complexity index is 644. The van der Waals surface area contributed by atoms with Gasteiger partial charge in [-0.1, -0.05) is 37.6 Å². The van der Waals surface area contributed by atoms with Crippen LogP contribution in [0.4, 0.5) is 0 Å². The topological polar surface area (TPSA) is 46.5 Å². The van der Waals surface area contributed by atoms with Crippen LogP contribution in [0, 0.1) is 0 Å². The number of fused-ring (bicyclic) bond motifs is 1. The number of phenolic OH excluding ortho intramolecular Hbond substituents is 1. The lowest BCUT2D eigenvalue weighted by Crippen LogP contribution is -2.11. The molecule has 0 saturated heterocycles. The molecule has 0 fully saturated rings. The molecule has 1 heterocycles. The molecule has 3 nitrogen and oxygen atoms in total. The van der Waals surface area contributed by atoms with E-state index < -0.39 is 5.92 Å². The van der Waals surface area contributed by atoms with Gasteiger partial charge in [0.2, 0.25) is 0 Å². The maximum Gasteiger partial charge on any atom is 0.323 e. The maximum atomic E-state index is 12.0. The number of ether oxygens (including phenoxy) is 1. The fraction of sp³-hybridized carbons (Fsp3) is 0.235. The number of phenols is 1. The minimum absolute atomic E-state index is 0.148. The number of carbonyl (C=O) groups excluding carboxylic acids is 1. The van der Waals surface area contributed by atoms with E-state index in [2.05, 4.69) is 6.92 Å². The van der Waals surface area contributed by atoms with Crippen molar-refractivity contribution in [3.05, 3.63) is 59.2 Å². The van der Waals surface area contributed by atoms with E-state index in [1.807, 2.05) is 24.3 Å². The van der Waals surface area contributed by atoms with Crippen LogP contribution in [-0.2, 0) is 11.2 Å². The van der Waals surface area contributed by atoms with E-state index >= 15 is 0 Å². The summed E-state index contributed by atoms with van der Waals surface area (Å²) in [5.41, 5.74) is 2.90. The van der Waals surface area contributed by atoms with E-state index in [0.717, 1.165) is 24.0 Å². The predicted molar refractivity (Wildman–Crippen MR) is 76.0 cm³/mol. The SMILES string of the molecule is CCCc1ccc(C2C(=O)Oc3ccc(O)cc32)cc1. The first-order chi connectivity index (χ1) is 9.69. The molecule has 0 spiro atoms. The summed E-state index contributed by atoms with van der Waals surface area (Å²) in [5, 5.41) is 9.59. The molecule has 0 aromatic heterocycles. The van der Waals surface area contributed by atoms with Crippen LogP contribution in [0.1, 0.15) is 36.0 Å². The average Bonchev–Trinajstić information content (AvgIpc) is 2.76. The standard InChI is InChI=1S/C17H16O3/c1-2-3-11-4-6-12(7-5-11)16-14-10-13(18)8-9-15(14)20-17(16)19/h4-10,16,18H,2-3H2,1H3. The fourth-order valence-electron chi connectivity index (χ4n) is 2.63. The monoisotopic (exact) mass is 268 g/mol. The third-order valence-corrected chi connectivity index (χ3v) is 3.60. The van der Waals surface area contributed by atoms with E-state index in [0.29, 0.717) is 5.75 Å². The van der Waals surface area contributed by atoms with Crippen LogP contribution < -0.4 is 4.74 Å². The summed E-state index contributed by atoms with van der Waals surface area (Å²) >= 11 is 0. The Morgan fingerprint density at radius 2 is 1.90 bits per heavy atom. The van der Waals surface area contributed by atoms with E-state index in [9.17, 15) is 9.90 Å². The molecule has 0 saturated carbocycles. The largest absolute Gasteiger partial charge is 0.508 e. The van der Waals surface area contributed by atoms with Gasteiger partial charge in [0.1, 0.15) is 17.4 Å². The number of aryl methyl sites for hydroxylation is 1. The zero-order valence-corrected chi connectivity index (χ0v) is 11.3. The van der Waals surface area contributed by atoms with Gasteiger partial charge in [-0.05, 0) is 35.7 Å². The highest BCUT2D eigenvalue weighted by Crippen LogP contribution is 2.40. The molecule has 0 bridgehead atoms. The Morgan fingerprint density at radius 3 is 2.60 bits per heavy atom. The first kappa shape index (κ1) is 12.7. The second-order valence-corrected chi connectivity index (χ2v) is 5.07. The summed E-state index contributed by atoms with van der Waals surface area (Å²) in [6, 6.07) is 12.8. The number of esters is 1. The predicted octanol–water partition coefficient (Wildman–Crippen LogP) is 3.40. The smallest absolute Gasteiger partial charge is 0.323 e. The molecule has 0 aliphatic carbocycles. The fourth-order valence-corrected chi connectivity index (χ4v) is 2.63. The number of hydrogen-bond donors (Lipinski definition) is 1. The number of hydrogen-bond acceptors (Lipinski definition) is 3. The highest BCUT2D eigenvalue weighted by atomic mass is 16.5. The van der Waals surface area contributed by atoms with Gasteiger partial charge in [0.05, 0.1) is 0 Å². The minimum Gasteiger partial charge on any atom is -0.508 e. The lowest BCUT2D eigenvalue weighted by molar-refractivity contribution is -0.133. The van der Waals surface area contributed by atoms with Gasteiger partial charge < -0.3 is 9.84 Å².